The van der Waals surface area contributed by atoms with Crippen LogP contribution < -0.4 is 0 Å². The lowest BCUT2D eigenvalue weighted by Crippen LogP contribution is -2.30. The number of pyridine rings is 1. The minimum Gasteiger partial charge on any atom is -0.481 e. The van der Waals surface area contributed by atoms with Gasteiger partial charge < -0.3 is 5.11 Å². The molecule has 1 N–H and O–H groups in total. The Hall–Kier alpha value is -2.77. The van der Waals surface area contributed by atoms with Gasteiger partial charge in [0.1, 0.15) is 0 Å². The van der Waals surface area contributed by atoms with Crippen molar-refractivity contribution in [2.75, 3.05) is 0 Å². The van der Waals surface area contributed by atoms with Crippen LogP contribution in [0.3, 0.4) is 0 Å². The summed E-state index contributed by atoms with van der Waals surface area (Å²) in [6.07, 6.45) is 3.50. The Morgan fingerprint density at radius 2 is 2.19 bits per heavy atom. The van der Waals surface area contributed by atoms with Crippen molar-refractivity contribution in [3.8, 4) is 11.4 Å². The third-order valence-corrected chi connectivity index (χ3v) is 3.32. The molecule has 0 radical (unpaired) electrons. The predicted molar refractivity (Wildman–Crippen MR) is 73.4 cm³/mol. The van der Waals surface area contributed by atoms with E-state index in [2.05, 4.69) is 20.6 Å². The molecule has 3 aromatic heterocycles. The molecule has 0 fully saturated rings. The van der Waals surface area contributed by atoms with Crippen molar-refractivity contribution in [3.05, 3.63) is 30.6 Å². The van der Waals surface area contributed by atoms with Crippen LogP contribution in [0.4, 0.5) is 0 Å². The maximum atomic E-state index is 11.3. The van der Waals surface area contributed by atoms with Crippen LogP contribution in [0, 0.1) is 5.41 Å². The van der Waals surface area contributed by atoms with Gasteiger partial charge in [0.2, 0.25) is 0 Å². The second kappa shape index (κ2) is 4.65. The fourth-order valence-corrected chi connectivity index (χ4v) is 2.05. The van der Waals surface area contributed by atoms with Gasteiger partial charge >= 0.3 is 5.97 Å². The first-order valence-electron chi connectivity index (χ1n) is 6.41. The molecule has 0 spiro atoms. The van der Waals surface area contributed by atoms with E-state index in [1.54, 1.807) is 24.6 Å². The molecule has 0 aliphatic heterocycles. The maximum absolute atomic E-state index is 11.3. The van der Waals surface area contributed by atoms with Crippen molar-refractivity contribution >= 4 is 11.5 Å². The lowest BCUT2D eigenvalue weighted by Gasteiger charge is -2.18. The number of aromatic nitrogens is 6. The van der Waals surface area contributed by atoms with Crippen LogP contribution in [-0.4, -0.2) is 40.9 Å². The Bertz CT molecular complexity index is 804. The monoisotopic (exact) mass is 286 g/mol. The lowest BCUT2D eigenvalue weighted by molar-refractivity contribution is -0.147. The normalized spacial score (nSPS) is 11.9. The SMILES string of the molecule is CC(C)(Cn1nnnc1-c1cnn2ccccc12)C(=O)O. The van der Waals surface area contributed by atoms with Gasteiger partial charge in [-0.15, -0.1) is 5.10 Å². The predicted octanol–water partition coefficient (Wildman–Crippen LogP) is 1.10. The average Bonchev–Trinajstić information content (AvgIpc) is 3.04. The molecule has 108 valence electrons. The Labute approximate surface area is 120 Å². The van der Waals surface area contributed by atoms with Gasteiger partial charge in [0, 0.05) is 6.20 Å². The molecule has 0 aliphatic rings. The third kappa shape index (κ3) is 2.24. The molecule has 0 aromatic carbocycles. The van der Waals surface area contributed by atoms with Crippen LogP contribution in [0.1, 0.15) is 13.8 Å². The van der Waals surface area contributed by atoms with Crippen LogP contribution in [0.15, 0.2) is 30.6 Å². The minimum absolute atomic E-state index is 0.175. The van der Waals surface area contributed by atoms with E-state index in [0.29, 0.717) is 5.82 Å². The van der Waals surface area contributed by atoms with Gasteiger partial charge in [-0.25, -0.2) is 9.20 Å². The van der Waals surface area contributed by atoms with Crippen molar-refractivity contribution in [2.24, 2.45) is 5.41 Å². The number of tetrazole rings is 1. The molecule has 0 amide bonds. The second-order valence-electron chi connectivity index (χ2n) is 5.44. The number of hydrogen-bond acceptors (Lipinski definition) is 5. The maximum Gasteiger partial charge on any atom is 0.310 e. The number of carboxylic acid groups (broad SMARTS) is 1. The summed E-state index contributed by atoms with van der Waals surface area (Å²) in [5, 5.41) is 25.0. The standard InChI is InChI=1S/C13H14N6O2/c1-13(2,12(20)21)8-19-11(15-16-17-19)9-7-14-18-6-4-3-5-10(9)18/h3-7H,8H2,1-2H3,(H,20,21). The molecule has 0 saturated carbocycles. The van der Waals surface area contributed by atoms with Gasteiger partial charge in [-0.1, -0.05) is 6.07 Å². The largest absolute Gasteiger partial charge is 0.481 e. The minimum atomic E-state index is -0.965. The van der Waals surface area contributed by atoms with Gasteiger partial charge in [0.05, 0.1) is 29.2 Å². The van der Waals surface area contributed by atoms with Gasteiger partial charge in [-0.2, -0.15) is 5.10 Å². The molecule has 3 aromatic rings. The average molecular weight is 286 g/mol. The van der Waals surface area contributed by atoms with Crippen molar-refractivity contribution < 1.29 is 9.90 Å². The Morgan fingerprint density at radius 3 is 2.95 bits per heavy atom. The highest BCUT2D eigenvalue weighted by Gasteiger charge is 2.30. The van der Waals surface area contributed by atoms with Crippen LogP contribution in [0.5, 0.6) is 0 Å². The summed E-state index contributed by atoms with van der Waals surface area (Å²) in [5.41, 5.74) is 0.663. The van der Waals surface area contributed by atoms with Gasteiger partial charge in [0.25, 0.3) is 0 Å². The number of rotatable bonds is 4. The number of carbonyl (C=O) groups is 1. The molecule has 0 atom stereocenters. The molecule has 3 heterocycles. The number of fused-ring (bicyclic) bond motifs is 1. The molecule has 0 unspecified atom stereocenters. The van der Waals surface area contributed by atoms with E-state index in [1.165, 1.54) is 4.68 Å². The van der Waals surface area contributed by atoms with Gasteiger partial charge in [-0.3, -0.25) is 4.79 Å². The molecule has 21 heavy (non-hydrogen) atoms. The van der Waals surface area contributed by atoms with Crippen molar-refractivity contribution in [1.29, 1.82) is 0 Å². The van der Waals surface area contributed by atoms with E-state index >= 15 is 0 Å². The summed E-state index contributed by atoms with van der Waals surface area (Å²) in [6.45, 7) is 3.45. The lowest BCUT2D eigenvalue weighted by atomic mass is 9.94. The highest BCUT2D eigenvalue weighted by atomic mass is 16.4. The molecule has 3 rings (SSSR count). The van der Waals surface area contributed by atoms with Gasteiger partial charge in [-0.05, 0) is 36.4 Å². The topological polar surface area (TPSA) is 98.2 Å². The first kappa shape index (κ1) is 13.2. The molecular weight excluding hydrogens is 272 g/mol. The number of aliphatic carboxylic acids is 1. The molecule has 0 aliphatic carbocycles. The van der Waals surface area contributed by atoms with Crippen molar-refractivity contribution in [1.82, 2.24) is 29.8 Å². The summed E-state index contributed by atoms with van der Waals surface area (Å²) in [4.78, 5) is 11.3. The molecular formula is C13H14N6O2. The molecule has 0 saturated heterocycles. The first-order valence-corrected chi connectivity index (χ1v) is 6.41. The molecule has 8 nitrogen and oxygen atoms in total. The van der Waals surface area contributed by atoms with Crippen LogP contribution >= 0.6 is 0 Å². The first-order chi connectivity index (χ1) is 9.99. The number of hydrogen-bond donors (Lipinski definition) is 1. The van der Waals surface area contributed by atoms with E-state index in [4.69, 9.17) is 0 Å². The highest BCUT2D eigenvalue weighted by molar-refractivity contribution is 5.76. The quantitative estimate of drug-likeness (QED) is 0.771. The molecule has 8 heteroatoms. The Kier molecular flexibility index (Phi) is 2.93. The fraction of sp³-hybridized carbons (Fsp3) is 0.308. The van der Waals surface area contributed by atoms with E-state index in [9.17, 15) is 9.90 Å². The Morgan fingerprint density at radius 1 is 1.38 bits per heavy atom. The van der Waals surface area contributed by atoms with E-state index < -0.39 is 11.4 Å². The third-order valence-electron chi connectivity index (χ3n) is 3.32. The smallest absolute Gasteiger partial charge is 0.310 e. The van der Waals surface area contributed by atoms with Gasteiger partial charge in [0.15, 0.2) is 5.82 Å². The highest BCUT2D eigenvalue weighted by Crippen LogP contribution is 2.25. The van der Waals surface area contributed by atoms with E-state index in [0.717, 1.165) is 11.1 Å². The number of carboxylic acids is 1. The zero-order valence-corrected chi connectivity index (χ0v) is 11.6. The summed E-state index contributed by atoms with van der Waals surface area (Å²) >= 11 is 0. The van der Waals surface area contributed by atoms with E-state index in [1.807, 2.05) is 24.4 Å². The zero-order valence-electron chi connectivity index (χ0n) is 11.6. The second-order valence-corrected chi connectivity index (χ2v) is 5.44. The molecule has 0 bridgehead atoms. The zero-order chi connectivity index (χ0) is 15.0. The Balaban J connectivity index is 2.05. The fourth-order valence-electron chi connectivity index (χ4n) is 2.05. The summed E-state index contributed by atoms with van der Waals surface area (Å²) in [7, 11) is 0. The van der Waals surface area contributed by atoms with E-state index in [-0.39, 0.29) is 6.54 Å². The number of nitrogens with zero attached hydrogens (tertiary/aromatic N) is 6. The van der Waals surface area contributed by atoms with Crippen molar-refractivity contribution in [3.63, 3.8) is 0 Å². The van der Waals surface area contributed by atoms with Crippen molar-refractivity contribution in [2.45, 2.75) is 20.4 Å². The summed E-state index contributed by atoms with van der Waals surface area (Å²) < 4.78 is 3.22. The summed E-state index contributed by atoms with van der Waals surface area (Å²) in [6, 6.07) is 5.68. The van der Waals surface area contributed by atoms with Crippen LogP contribution in [0.25, 0.3) is 16.9 Å². The van der Waals surface area contributed by atoms with Crippen LogP contribution in [-0.2, 0) is 11.3 Å². The van der Waals surface area contributed by atoms with Crippen LogP contribution in [0.2, 0.25) is 0 Å². The summed E-state index contributed by atoms with van der Waals surface area (Å²) in [5.74, 6) is -0.394.